The summed E-state index contributed by atoms with van der Waals surface area (Å²) in [5, 5.41) is 4.30. The van der Waals surface area contributed by atoms with Crippen LogP contribution in [0.4, 0.5) is 0 Å². The van der Waals surface area contributed by atoms with Crippen molar-refractivity contribution in [1.82, 2.24) is 14.8 Å². The van der Waals surface area contributed by atoms with E-state index in [2.05, 4.69) is 9.88 Å². The van der Waals surface area contributed by atoms with E-state index in [4.69, 9.17) is 4.74 Å². The van der Waals surface area contributed by atoms with Crippen LogP contribution < -0.4 is 10.1 Å². The van der Waals surface area contributed by atoms with E-state index < -0.39 is 0 Å². The zero-order valence-corrected chi connectivity index (χ0v) is 20.9. The van der Waals surface area contributed by atoms with Crippen molar-refractivity contribution in [2.75, 3.05) is 25.4 Å². The van der Waals surface area contributed by atoms with Crippen molar-refractivity contribution in [2.45, 2.75) is 38.0 Å². The van der Waals surface area contributed by atoms with Crippen LogP contribution in [-0.4, -0.2) is 52.8 Å². The van der Waals surface area contributed by atoms with Crippen molar-refractivity contribution in [3.63, 3.8) is 0 Å². The average molecular weight is 496 g/mol. The van der Waals surface area contributed by atoms with E-state index in [9.17, 15) is 9.59 Å². The highest BCUT2D eigenvalue weighted by Gasteiger charge is 2.29. The number of ether oxygens (including phenoxy) is 1. The molecule has 0 bridgehead atoms. The van der Waals surface area contributed by atoms with Crippen molar-refractivity contribution in [3.05, 3.63) is 70.4 Å². The van der Waals surface area contributed by atoms with Gasteiger partial charge in [-0.15, -0.1) is 11.3 Å². The van der Waals surface area contributed by atoms with Crippen molar-refractivity contribution in [2.24, 2.45) is 0 Å². The predicted molar refractivity (Wildman–Crippen MR) is 138 cm³/mol. The fourth-order valence-corrected chi connectivity index (χ4v) is 7.08. The Kier molecular flexibility index (Phi) is 6.97. The summed E-state index contributed by atoms with van der Waals surface area (Å²) in [6.07, 6.45) is 6.47. The van der Waals surface area contributed by atoms with Gasteiger partial charge in [0.2, 0.25) is 0 Å². The third-order valence-corrected chi connectivity index (χ3v) is 8.81. The van der Waals surface area contributed by atoms with Gasteiger partial charge >= 0.3 is 0 Å². The van der Waals surface area contributed by atoms with Crippen LogP contribution in [0.5, 0.6) is 5.75 Å². The lowest BCUT2D eigenvalue weighted by atomic mass is 10.0. The van der Waals surface area contributed by atoms with Gasteiger partial charge in [0.25, 0.3) is 11.8 Å². The van der Waals surface area contributed by atoms with Gasteiger partial charge in [-0.25, -0.2) is 0 Å². The number of piperidine rings is 1. The molecule has 0 saturated carbocycles. The van der Waals surface area contributed by atoms with E-state index in [1.165, 1.54) is 10.4 Å². The summed E-state index contributed by atoms with van der Waals surface area (Å²) in [4.78, 5) is 29.6. The number of benzene rings is 1. The van der Waals surface area contributed by atoms with E-state index in [1.807, 2.05) is 72.4 Å². The molecular formula is C26H29N3O3S2. The van der Waals surface area contributed by atoms with Crippen LogP contribution in [0.1, 0.15) is 50.9 Å². The molecule has 0 aliphatic carbocycles. The van der Waals surface area contributed by atoms with Crippen LogP contribution in [-0.2, 0) is 12.2 Å². The third-order valence-electron chi connectivity index (χ3n) is 6.40. The van der Waals surface area contributed by atoms with E-state index >= 15 is 0 Å². The Balaban J connectivity index is 1.24. The maximum absolute atomic E-state index is 13.5. The first-order valence-electron chi connectivity index (χ1n) is 11.8. The zero-order valence-electron chi connectivity index (χ0n) is 19.3. The summed E-state index contributed by atoms with van der Waals surface area (Å²) in [5.41, 5.74) is 2.72. The fourth-order valence-electron chi connectivity index (χ4n) is 4.63. The molecule has 178 valence electrons. The molecule has 1 saturated heterocycles. The first-order valence-corrected chi connectivity index (χ1v) is 13.8. The molecule has 2 amide bonds. The minimum Gasteiger partial charge on any atom is -0.494 e. The molecule has 0 atom stereocenters. The number of likely N-dealkylation sites (tertiary alicyclic amines) is 1. The number of nitrogens with zero attached hydrogens (tertiary/aromatic N) is 2. The number of aromatic nitrogens is 1. The van der Waals surface area contributed by atoms with Gasteiger partial charge < -0.3 is 19.5 Å². The van der Waals surface area contributed by atoms with Gasteiger partial charge in [0.05, 0.1) is 12.2 Å². The predicted octanol–water partition coefficient (Wildman–Crippen LogP) is 4.76. The van der Waals surface area contributed by atoms with E-state index in [1.54, 1.807) is 11.3 Å². The van der Waals surface area contributed by atoms with Gasteiger partial charge in [-0.1, -0.05) is 0 Å². The molecule has 0 radical (unpaired) electrons. The molecule has 2 aliphatic rings. The van der Waals surface area contributed by atoms with Gasteiger partial charge in [0.1, 0.15) is 10.8 Å². The molecule has 6 nitrogen and oxygen atoms in total. The second kappa shape index (κ2) is 10.3. The SMILES string of the molecule is CCOc1ccc(C(=O)N2CCC(NC(=O)c3c(-n4cccc4)sc4c3CCSC4)CC2)cc1. The summed E-state index contributed by atoms with van der Waals surface area (Å²) in [7, 11) is 0. The summed E-state index contributed by atoms with van der Waals surface area (Å²) in [6.45, 7) is 3.82. The quantitative estimate of drug-likeness (QED) is 0.536. The van der Waals surface area contributed by atoms with Gasteiger partial charge in [-0.3, -0.25) is 9.59 Å². The molecule has 2 aromatic heterocycles. The molecule has 0 spiro atoms. The lowest BCUT2D eigenvalue weighted by molar-refractivity contribution is 0.0698. The van der Waals surface area contributed by atoms with Gasteiger partial charge in [0.15, 0.2) is 0 Å². The van der Waals surface area contributed by atoms with Crippen LogP contribution >= 0.6 is 23.1 Å². The first kappa shape index (κ1) is 23.1. The molecule has 1 N–H and O–H groups in total. The maximum atomic E-state index is 13.5. The minimum atomic E-state index is 0.0180. The number of rotatable bonds is 6. The zero-order chi connectivity index (χ0) is 23.5. The summed E-state index contributed by atoms with van der Waals surface area (Å²) in [6, 6.07) is 11.4. The van der Waals surface area contributed by atoms with Gasteiger partial charge in [-0.2, -0.15) is 11.8 Å². The number of amides is 2. The second-order valence-electron chi connectivity index (χ2n) is 8.57. The van der Waals surface area contributed by atoms with E-state index in [0.29, 0.717) is 25.3 Å². The average Bonchev–Trinajstić information content (AvgIpc) is 3.53. The maximum Gasteiger partial charge on any atom is 0.254 e. The number of thiophene rings is 1. The number of thioether (sulfide) groups is 1. The van der Waals surface area contributed by atoms with Crippen LogP contribution in [0.25, 0.3) is 5.00 Å². The lowest BCUT2D eigenvalue weighted by Gasteiger charge is -2.32. The van der Waals surface area contributed by atoms with Crippen molar-refractivity contribution < 1.29 is 14.3 Å². The van der Waals surface area contributed by atoms with Crippen LogP contribution in [0.15, 0.2) is 48.8 Å². The Morgan fingerprint density at radius 2 is 1.85 bits per heavy atom. The van der Waals surface area contributed by atoms with Crippen molar-refractivity contribution in [3.8, 4) is 10.8 Å². The number of fused-ring (bicyclic) bond motifs is 1. The van der Waals surface area contributed by atoms with Crippen molar-refractivity contribution >= 4 is 34.9 Å². The summed E-state index contributed by atoms with van der Waals surface area (Å²) >= 11 is 3.67. The molecule has 2 aliphatic heterocycles. The standard InChI is InChI=1S/C26H29N3O3S2/c1-2-32-20-7-5-18(6-8-20)25(31)28-14-9-19(10-15-28)27-24(30)23-21-11-16-33-17-22(21)34-26(23)29-12-3-4-13-29/h3-8,12-13,19H,2,9-11,14-17H2,1H3,(H,27,30). The smallest absolute Gasteiger partial charge is 0.254 e. The molecule has 1 aromatic carbocycles. The Labute approximate surface area is 208 Å². The number of carbonyl (C=O) groups is 2. The molecule has 0 unspecified atom stereocenters. The topological polar surface area (TPSA) is 63.6 Å². The molecular weight excluding hydrogens is 466 g/mol. The molecule has 5 rings (SSSR count). The van der Waals surface area contributed by atoms with Gasteiger partial charge in [-0.05, 0) is 73.9 Å². The molecule has 34 heavy (non-hydrogen) atoms. The van der Waals surface area contributed by atoms with Crippen LogP contribution in [0.3, 0.4) is 0 Å². The lowest BCUT2D eigenvalue weighted by Crippen LogP contribution is -2.46. The monoisotopic (exact) mass is 495 g/mol. The summed E-state index contributed by atoms with van der Waals surface area (Å²) < 4.78 is 7.52. The highest BCUT2D eigenvalue weighted by atomic mass is 32.2. The minimum absolute atomic E-state index is 0.0180. The molecule has 4 heterocycles. The highest BCUT2D eigenvalue weighted by Crippen LogP contribution is 2.38. The third kappa shape index (κ3) is 4.74. The van der Waals surface area contributed by atoms with Crippen LogP contribution in [0, 0.1) is 0 Å². The van der Waals surface area contributed by atoms with Crippen LogP contribution in [0.2, 0.25) is 0 Å². The molecule has 8 heteroatoms. The Bertz CT molecular complexity index is 1150. The molecule has 1 fully saturated rings. The Hall–Kier alpha value is -2.71. The summed E-state index contributed by atoms with van der Waals surface area (Å²) in [5.74, 6) is 2.86. The van der Waals surface area contributed by atoms with Crippen molar-refractivity contribution in [1.29, 1.82) is 0 Å². The largest absolute Gasteiger partial charge is 0.494 e. The first-order chi connectivity index (χ1) is 16.6. The van der Waals surface area contributed by atoms with Gasteiger partial charge in [0, 0.05) is 47.7 Å². The Morgan fingerprint density at radius 1 is 1.12 bits per heavy atom. The number of carbonyl (C=O) groups excluding carboxylic acids is 2. The number of hydrogen-bond donors (Lipinski definition) is 1. The van der Waals surface area contributed by atoms with E-state index in [0.717, 1.165) is 47.1 Å². The number of nitrogens with one attached hydrogen (secondary N) is 1. The fraction of sp³-hybridized carbons (Fsp3) is 0.385. The number of hydrogen-bond acceptors (Lipinski definition) is 5. The normalized spacial score (nSPS) is 16.2. The molecule has 3 aromatic rings. The second-order valence-corrected chi connectivity index (χ2v) is 10.8. The Morgan fingerprint density at radius 3 is 2.56 bits per heavy atom. The van der Waals surface area contributed by atoms with E-state index in [-0.39, 0.29) is 17.9 Å². The highest BCUT2D eigenvalue weighted by molar-refractivity contribution is 7.98.